The third-order valence-electron chi connectivity index (χ3n) is 3.69. The van der Waals surface area contributed by atoms with Crippen LogP contribution in [-0.2, 0) is 0 Å². The lowest BCUT2D eigenvalue weighted by Crippen LogP contribution is -2.43. The number of hydrogen-bond acceptors (Lipinski definition) is 2. The number of hydrogen-bond donors (Lipinski definition) is 1. The maximum Gasteiger partial charge on any atom is 0.0472 e. The summed E-state index contributed by atoms with van der Waals surface area (Å²) in [6.45, 7) is 8.87. The van der Waals surface area contributed by atoms with Crippen molar-refractivity contribution in [2.75, 3.05) is 14.1 Å². The molecule has 96 valence electrons. The van der Waals surface area contributed by atoms with Gasteiger partial charge in [-0.2, -0.15) is 0 Å². The number of aryl methyl sites for hydroxylation is 1. The summed E-state index contributed by atoms with van der Waals surface area (Å²) in [7, 11) is 4.23. The molecule has 1 aromatic carbocycles. The van der Waals surface area contributed by atoms with Gasteiger partial charge in [0.2, 0.25) is 0 Å². The Morgan fingerprint density at radius 2 is 1.59 bits per heavy atom. The van der Waals surface area contributed by atoms with E-state index < -0.39 is 0 Å². The zero-order valence-electron chi connectivity index (χ0n) is 12.0. The molecule has 0 aromatic heterocycles. The first kappa shape index (κ1) is 14.2. The molecule has 0 heterocycles. The van der Waals surface area contributed by atoms with Crippen molar-refractivity contribution < 1.29 is 0 Å². The van der Waals surface area contributed by atoms with Gasteiger partial charge in [-0.3, -0.25) is 4.90 Å². The summed E-state index contributed by atoms with van der Waals surface area (Å²) in [5.41, 5.74) is 2.67. The van der Waals surface area contributed by atoms with Gasteiger partial charge in [-0.25, -0.2) is 0 Å². The Hall–Kier alpha value is -0.860. The highest BCUT2D eigenvalue weighted by Gasteiger charge is 2.22. The van der Waals surface area contributed by atoms with E-state index in [9.17, 15) is 0 Å². The van der Waals surface area contributed by atoms with Crippen LogP contribution in [0.15, 0.2) is 24.3 Å². The minimum absolute atomic E-state index is 0.378. The van der Waals surface area contributed by atoms with Crippen LogP contribution in [0.4, 0.5) is 0 Å². The highest BCUT2D eigenvalue weighted by Crippen LogP contribution is 2.21. The molecule has 0 aliphatic carbocycles. The van der Waals surface area contributed by atoms with Crippen LogP contribution >= 0.6 is 0 Å². The third kappa shape index (κ3) is 3.55. The van der Waals surface area contributed by atoms with E-state index in [1.807, 2.05) is 7.05 Å². The van der Waals surface area contributed by atoms with E-state index in [-0.39, 0.29) is 0 Å². The minimum atomic E-state index is 0.378. The minimum Gasteiger partial charge on any atom is -0.312 e. The van der Waals surface area contributed by atoms with Crippen molar-refractivity contribution in [3.05, 3.63) is 35.4 Å². The Morgan fingerprint density at radius 3 is 2.00 bits per heavy atom. The average Bonchev–Trinajstić information content (AvgIpc) is 2.31. The van der Waals surface area contributed by atoms with Gasteiger partial charge >= 0.3 is 0 Å². The van der Waals surface area contributed by atoms with Crippen molar-refractivity contribution in [2.45, 2.75) is 45.8 Å². The predicted molar refractivity (Wildman–Crippen MR) is 75.3 cm³/mol. The van der Waals surface area contributed by atoms with E-state index in [0.29, 0.717) is 18.1 Å². The fourth-order valence-electron chi connectivity index (χ4n) is 2.17. The second-order valence-corrected chi connectivity index (χ2v) is 5.18. The molecule has 0 spiro atoms. The van der Waals surface area contributed by atoms with Crippen LogP contribution in [0.25, 0.3) is 0 Å². The molecule has 2 heteroatoms. The maximum atomic E-state index is 3.43. The van der Waals surface area contributed by atoms with Gasteiger partial charge in [0.1, 0.15) is 0 Å². The van der Waals surface area contributed by atoms with E-state index in [2.05, 4.69) is 69.2 Å². The van der Waals surface area contributed by atoms with E-state index >= 15 is 0 Å². The smallest absolute Gasteiger partial charge is 0.0472 e. The Morgan fingerprint density at radius 1 is 1.06 bits per heavy atom. The fraction of sp³-hybridized carbons (Fsp3) is 0.600. The molecule has 0 radical (unpaired) electrons. The number of nitrogens with zero attached hydrogens (tertiary/aromatic N) is 1. The molecule has 1 rings (SSSR count). The summed E-state index contributed by atoms with van der Waals surface area (Å²) < 4.78 is 0. The predicted octanol–water partition coefficient (Wildman–Crippen LogP) is 2.98. The first-order valence-electron chi connectivity index (χ1n) is 6.43. The molecule has 0 saturated heterocycles. The molecule has 0 aliphatic heterocycles. The molecule has 1 N–H and O–H groups in total. The summed E-state index contributed by atoms with van der Waals surface area (Å²) in [6.07, 6.45) is 0. The van der Waals surface area contributed by atoms with Crippen molar-refractivity contribution >= 4 is 0 Å². The second-order valence-electron chi connectivity index (χ2n) is 5.18. The molecule has 0 aliphatic rings. The Balaban J connectivity index is 2.87. The zero-order valence-corrected chi connectivity index (χ0v) is 12.0. The molecule has 2 unspecified atom stereocenters. The molecule has 2 nitrogen and oxygen atoms in total. The first-order chi connectivity index (χ1) is 7.97. The lowest BCUT2D eigenvalue weighted by atomic mass is 9.98. The summed E-state index contributed by atoms with van der Waals surface area (Å²) in [5, 5.41) is 3.43. The van der Waals surface area contributed by atoms with E-state index in [1.54, 1.807) is 0 Å². The second kappa shape index (κ2) is 6.18. The standard InChI is InChI=1S/C15H26N2/c1-11(2)17(6)13(4)15(16-5)14-9-7-12(3)8-10-14/h7-11,13,15-16H,1-6H3. The van der Waals surface area contributed by atoms with Gasteiger partial charge in [-0.15, -0.1) is 0 Å². The highest BCUT2D eigenvalue weighted by molar-refractivity contribution is 5.25. The van der Waals surface area contributed by atoms with E-state index in [4.69, 9.17) is 0 Å². The van der Waals surface area contributed by atoms with Crippen molar-refractivity contribution in [2.24, 2.45) is 0 Å². The van der Waals surface area contributed by atoms with Crippen molar-refractivity contribution in [3.63, 3.8) is 0 Å². The summed E-state index contributed by atoms with van der Waals surface area (Å²) in [6, 6.07) is 10.2. The number of rotatable bonds is 5. The van der Waals surface area contributed by atoms with Crippen LogP contribution in [0, 0.1) is 6.92 Å². The van der Waals surface area contributed by atoms with Gasteiger partial charge in [0.15, 0.2) is 0 Å². The molecular formula is C15H26N2. The Bertz CT molecular complexity index is 329. The van der Waals surface area contributed by atoms with Gasteiger partial charge in [-0.05, 0) is 47.4 Å². The SMILES string of the molecule is CNC(c1ccc(C)cc1)C(C)N(C)C(C)C. The normalized spacial score (nSPS) is 15.3. The number of likely N-dealkylation sites (N-methyl/N-ethyl adjacent to an activating group) is 2. The van der Waals surface area contributed by atoms with Crippen LogP contribution in [0.2, 0.25) is 0 Å². The zero-order chi connectivity index (χ0) is 13.0. The third-order valence-corrected chi connectivity index (χ3v) is 3.69. The van der Waals surface area contributed by atoms with Crippen molar-refractivity contribution in [1.82, 2.24) is 10.2 Å². The van der Waals surface area contributed by atoms with Crippen molar-refractivity contribution in [1.29, 1.82) is 0 Å². The van der Waals surface area contributed by atoms with Crippen LogP contribution < -0.4 is 5.32 Å². The van der Waals surface area contributed by atoms with Gasteiger partial charge < -0.3 is 5.32 Å². The molecule has 0 bridgehead atoms. The summed E-state index contributed by atoms with van der Waals surface area (Å²) in [5.74, 6) is 0. The van der Waals surface area contributed by atoms with Gasteiger partial charge in [0.05, 0.1) is 0 Å². The Labute approximate surface area is 106 Å². The number of nitrogens with one attached hydrogen (secondary N) is 1. The maximum absolute atomic E-state index is 3.43. The molecule has 1 aromatic rings. The van der Waals surface area contributed by atoms with Gasteiger partial charge in [-0.1, -0.05) is 29.8 Å². The number of benzene rings is 1. The summed E-state index contributed by atoms with van der Waals surface area (Å²) in [4.78, 5) is 2.40. The van der Waals surface area contributed by atoms with Gasteiger partial charge in [0, 0.05) is 18.1 Å². The largest absolute Gasteiger partial charge is 0.312 e. The van der Waals surface area contributed by atoms with Crippen LogP contribution in [0.1, 0.15) is 37.9 Å². The molecule has 0 saturated carbocycles. The lowest BCUT2D eigenvalue weighted by Gasteiger charge is -2.34. The fourth-order valence-corrected chi connectivity index (χ4v) is 2.17. The lowest BCUT2D eigenvalue weighted by molar-refractivity contribution is 0.172. The highest BCUT2D eigenvalue weighted by atomic mass is 15.2. The van der Waals surface area contributed by atoms with Crippen LogP contribution in [0.3, 0.4) is 0 Å². The van der Waals surface area contributed by atoms with Crippen LogP contribution in [-0.4, -0.2) is 31.1 Å². The van der Waals surface area contributed by atoms with Crippen molar-refractivity contribution in [3.8, 4) is 0 Å². The molecule has 17 heavy (non-hydrogen) atoms. The molecule has 0 amide bonds. The van der Waals surface area contributed by atoms with Crippen LogP contribution in [0.5, 0.6) is 0 Å². The first-order valence-corrected chi connectivity index (χ1v) is 6.43. The molecular weight excluding hydrogens is 208 g/mol. The Kier molecular flexibility index (Phi) is 5.16. The molecule has 2 atom stereocenters. The quantitative estimate of drug-likeness (QED) is 0.842. The van der Waals surface area contributed by atoms with E-state index in [0.717, 1.165) is 0 Å². The molecule has 0 fully saturated rings. The van der Waals surface area contributed by atoms with E-state index in [1.165, 1.54) is 11.1 Å². The average molecular weight is 234 g/mol. The van der Waals surface area contributed by atoms with Gasteiger partial charge in [0.25, 0.3) is 0 Å². The summed E-state index contributed by atoms with van der Waals surface area (Å²) >= 11 is 0. The topological polar surface area (TPSA) is 15.3 Å². The monoisotopic (exact) mass is 234 g/mol.